The molecule has 0 fully saturated rings. The van der Waals surface area contributed by atoms with Crippen LogP contribution in [0.4, 0.5) is 0 Å². The van der Waals surface area contributed by atoms with E-state index in [9.17, 15) is 0 Å². The Hall–Kier alpha value is -1.84. The third kappa shape index (κ3) is 22.2. The van der Waals surface area contributed by atoms with Gasteiger partial charge in [0.2, 0.25) is 0 Å². The van der Waals surface area contributed by atoms with E-state index in [1.165, 1.54) is 64.0 Å². The van der Waals surface area contributed by atoms with Crippen LogP contribution in [0.15, 0.2) is 73.1 Å². The molecule has 0 spiro atoms. The Morgan fingerprint density at radius 3 is 1.75 bits per heavy atom. The molecule has 3 heteroatoms. The highest BCUT2D eigenvalue weighted by Gasteiger charge is 1.98. The summed E-state index contributed by atoms with van der Waals surface area (Å²) >= 11 is 0. The van der Waals surface area contributed by atoms with Crippen molar-refractivity contribution in [2.75, 3.05) is 13.2 Å². The number of unbranched alkanes of at least 4 members (excludes halogenated alkanes) is 8. The molecule has 0 radical (unpaired) electrons. The summed E-state index contributed by atoms with van der Waals surface area (Å²) in [7, 11) is 0. The molecule has 28 heavy (non-hydrogen) atoms. The highest BCUT2D eigenvalue weighted by atomic mass is 16.5. The van der Waals surface area contributed by atoms with Crippen molar-refractivity contribution >= 4 is 0 Å². The van der Waals surface area contributed by atoms with Gasteiger partial charge < -0.3 is 14.9 Å². The summed E-state index contributed by atoms with van der Waals surface area (Å²) in [5.74, 6) is 0. The van der Waals surface area contributed by atoms with Crippen LogP contribution in [0.2, 0.25) is 0 Å². The molecule has 0 aliphatic heterocycles. The lowest BCUT2D eigenvalue weighted by atomic mass is 10.1. The summed E-state index contributed by atoms with van der Waals surface area (Å²) in [4.78, 5) is 0. The van der Waals surface area contributed by atoms with Gasteiger partial charge in [-0.15, -0.1) is 0 Å². The number of allylic oxidation sites excluding steroid dienone is 11. The van der Waals surface area contributed by atoms with Gasteiger partial charge >= 0.3 is 0 Å². The maximum absolute atomic E-state index is 9.07. The SMILES string of the molecule is CCCCCCCCCCC=CC=CC=CC=CC=CC=COCC(O)CO. The van der Waals surface area contributed by atoms with Gasteiger partial charge in [-0.2, -0.15) is 0 Å². The number of aliphatic hydroxyl groups excluding tert-OH is 2. The summed E-state index contributed by atoms with van der Waals surface area (Å²) < 4.78 is 5.03. The number of ether oxygens (including phenoxy) is 1. The first-order valence-corrected chi connectivity index (χ1v) is 10.7. The van der Waals surface area contributed by atoms with Crippen LogP contribution in [0.5, 0.6) is 0 Å². The lowest BCUT2D eigenvalue weighted by molar-refractivity contribution is 0.0384. The van der Waals surface area contributed by atoms with E-state index in [2.05, 4.69) is 25.2 Å². The Labute approximate surface area is 172 Å². The van der Waals surface area contributed by atoms with Crippen molar-refractivity contribution in [3.05, 3.63) is 73.1 Å². The Morgan fingerprint density at radius 2 is 1.18 bits per heavy atom. The molecule has 158 valence electrons. The second-order valence-electron chi connectivity index (χ2n) is 6.73. The molecule has 0 saturated heterocycles. The predicted molar refractivity (Wildman–Crippen MR) is 121 cm³/mol. The van der Waals surface area contributed by atoms with E-state index in [4.69, 9.17) is 14.9 Å². The van der Waals surface area contributed by atoms with Crippen molar-refractivity contribution in [3.8, 4) is 0 Å². The Kier molecular flexibility index (Phi) is 21.7. The largest absolute Gasteiger partial charge is 0.498 e. The van der Waals surface area contributed by atoms with Crippen molar-refractivity contribution in [1.29, 1.82) is 0 Å². The molecule has 0 amide bonds. The maximum atomic E-state index is 9.07. The van der Waals surface area contributed by atoms with Crippen LogP contribution in [0.3, 0.4) is 0 Å². The van der Waals surface area contributed by atoms with Gasteiger partial charge in [0.05, 0.1) is 12.9 Å². The van der Waals surface area contributed by atoms with Crippen LogP contribution in [0.1, 0.15) is 64.7 Å². The van der Waals surface area contributed by atoms with Gasteiger partial charge in [0.25, 0.3) is 0 Å². The van der Waals surface area contributed by atoms with Crippen LogP contribution in [0, 0.1) is 0 Å². The van der Waals surface area contributed by atoms with Crippen LogP contribution in [-0.4, -0.2) is 29.5 Å². The topological polar surface area (TPSA) is 49.7 Å². The molecule has 0 aromatic rings. The minimum absolute atomic E-state index is 0.0966. The molecule has 0 saturated carbocycles. The van der Waals surface area contributed by atoms with E-state index in [1.807, 2.05) is 42.5 Å². The zero-order valence-electron chi connectivity index (χ0n) is 17.6. The van der Waals surface area contributed by atoms with Crippen molar-refractivity contribution in [2.45, 2.75) is 70.8 Å². The second kappa shape index (κ2) is 23.2. The number of hydrogen-bond donors (Lipinski definition) is 2. The summed E-state index contributed by atoms with van der Waals surface area (Å²) in [6, 6.07) is 0. The highest BCUT2D eigenvalue weighted by molar-refractivity contribution is 5.19. The maximum Gasteiger partial charge on any atom is 0.115 e. The molecule has 0 bridgehead atoms. The first kappa shape index (κ1) is 26.2. The van der Waals surface area contributed by atoms with Crippen molar-refractivity contribution in [3.63, 3.8) is 0 Å². The van der Waals surface area contributed by atoms with Crippen LogP contribution >= 0.6 is 0 Å². The molecule has 3 nitrogen and oxygen atoms in total. The lowest BCUT2D eigenvalue weighted by Crippen LogP contribution is -2.17. The fourth-order valence-corrected chi connectivity index (χ4v) is 2.40. The number of rotatable bonds is 18. The molecular formula is C25H40O3. The third-order valence-corrected chi connectivity index (χ3v) is 4.03. The summed E-state index contributed by atoms with van der Waals surface area (Å²) in [6.45, 7) is 2.07. The van der Waals surface area contributed by atoms with Crippen molar-refractivity contribution < 1.29 is 14.9 Å². The highest BCUT2D eigenvalue weighted by Crippen LogP contribution is 2.09. The fourth-order valence-electron chi connectivity index (χ4n) is 2.40. The minimum Gasteiger partial charge on any atom is -0.498 e. The average Bonchev–Trinajstić information content (AvgIpc) is 2.71. The smallest absolute Gasteiger partial charge is 0.115 e. The molecule has 1 atom stereocenters. The van der Waals surface area contributed by atoms with Gasteiger partial charge in [-0.25, -0.2) is 0 Å². The molecule has 1 unspecified atom stereocenters. The zero-order valence-corrected chi connectivity index (χ0v) is 17.6. The van der Waals surface area contributed by atoms with E-state index in [1.54, 1.807) is 6.08 Å². The summed E-state index contributed by atoms with van der Waals surface area (Å²) in [5.41, 5.74) is 0. The molecule has 0 aliphatic rings. The van der Waals surface area contributed by atoms with Gasteiger partial charge in [-0.1, -0.05) is 113 Å². The molecule has 0 rings (SSSR count). The van der Waals surface area contributed by atoms with E-state index in [0.717, 1.165) is 0 Å². The molecule has 0 aromatic carbocycles. The van der Waals surface area contributed by atoms with Crippen molar-refractivity contribution in [2.24, 2.45) is 0 Å². The average molecular weight is 389 g/mol. The van der Waals surface area contributed by atoms with E-state index < -0.39 is 6.10 Å². The van der Waals surface area contributed by atoms with Crippen LogP contribution in [-0.2, 0) is 4.74 Å². The Morgan fingerprint density at radius 1 is 0.679 bits per heavy atom. The van der Waals surface area contributed by atoms with Crippen LogP contribution in [0.25, 0.3) is 0 Å². The van der Waals surface area contributed by atoms with E-state index >= 15 is 0 Å². The van der Waals surface area contributed by atoms with E-state index in [0.29, 0.717) is 0 Å². The van der Waals surface area contributed by atoms with Gasteiger partial charge in [-0.3, -0.25) is 0 Å². The van der Waals surface area contributed by atoms with E-state index in [-0.39, 0.29) is 13.2 Å². The molecule has 0 heterocycles. The molecule has 0 aliphatic carbocycles. The minimum atomic E-state index is -0.827. The first-order valence-electron chi connectivity index (χ1n) is 10.7. The predicted octanol–water partition coefficient (Wildman–Crippen LogP) is 6.18. The van der Waals surface area contributed by atoms with Crippen LogP contribution < -0.4 is 0 Å². The quantitative estimate of drug-likeness (QED) is 0.167. The number of aliphatic hydroxyl groups is 2. The zero-order chi connectivity index (χ0) is 20.5. The number of hydrogen-bond acceptors (Lipinski definition) is 3. The fraction of sp³-hybridized carbons (Fsp3) is 0.520. The van der Waals surface area contributed by atoms with Gasteiger partial charge in [0.15, 0.2) is 0 Å². The summed E-state index contributed by atoms with van der Waals surface area (Å²) in [6.07, 6.45) is 34.6. The summed E-state index contributed by atoms with van der Waals surface area (Å²) in [5, 5.41) is 17.7. The van der Waals surface area contributed by atoms with Crippen molar-refractivity contribution in [1.82, 2.24) is 0 Å². The third-order valence-electron chi connectivity index (χ3n) is 4.03. The molecular weight excluding hydrogens is 348 g/mol. The molecule has 2 N–H and O–H groups in total. The Balaban J connectivity index is 3.56. The standard InChI is InChI=1S/C25H40O3/c1-2-3-4-5-6-7-8-9-10-11-12-13-14-15-16-17-18-19-20-21-22-28-24-25(27)23-26/h11-22,25-27H,2-10,23-24H2,1H3. The monoisotopic (exact) mass is 388 g/mol. The second-order valence-corrected chi connectivity index (χ2v) is 6.73. The lowest BCUT2D eigenvalue weighted by Gasteiger charge is -2.04. The van der Waals surface area contributed by atoms with Gasteiger partial charge in [0.1, 0.15) is 12.7 Å². The normalized spacial score (nSPS) is 14.1. The molecule has 0 aromatic heterocycles. The first-order chi connectivity index (χ1) is 13.8. The Bertz CT molecular complexity index is 484. The van der Waals surface area contributed by atoms with Gasteiger partial charge in [0, 0.05) is 0 Å². The van der Waals surface area contributed by atoms with Gasteiger partial charge in [-0.05, 0) is 18.9 Å².